The number of halogens is 1. The Morgan fingerprint density at radius 3 is 2.29 bits per heavy atom. The summed E-state index contributed by atoms with van der Waals surface area (Å²) in [7, 11) is 0. The van der Waals surface area contributed by atoms with Crippen molar-refractivity contribution in [1.29, 1.82) is 0 Å². The summed E-state index contributed by atoms with van der Waals surface area (Å²) in [5.74, 6) is -0.119. The number of hydrogen-bond acceptors (Lipinski definition) is 2. The molecule has 0 saturated heterocycles. The number of ether oxygens (including phenoxy) is 1. The minimum Gasteiger partial charge on any atom is -0.492 e. The van der Waals surface area contributed by atoms with Gasteiger partial charge in [0.15, 0.2) is 0 Å². The molecular formula is C17H25IO3. The Morgan fingerprint density at radius 1 is 1.10 bits per heavy atom. The second kappa shape index (κ2) is 10.9. The van der Waals surface area contributed by atoms with Crippen molar-refractivity contribution >= 4 is 28.6 Å². The quantitative estimate of drug-likeness (QED) is 0.391. The second-order valence-electron chi connectivity index (χ2n) is 5.27. The summed E-state index contributed by atoms with van der Waals surface area (Å²) in [4.78, 5) is 10.8. The third-order valence-electron chi connectivity index (χ3n) is 3.43. The van der Waals surface area contributed by atoms with E-state index in [1.165, 1.54) is 44.9 Å². The van der Waals surface area contributed by atoms with Gasteiger partial charge in [0.2, 0.25) is 0 Å². The highest BCUT2D eigenvalue weighted by atomic mass is 127. The van der Waals surface area contributed by atoms with Crippen LogP contribution in [0.15, 0.2) is 18.2 Å². The van der Waals surface area contributed by atoms with E-state index in [1.807, 2.05) is 0 Å². The summed E-state index contributed by atoms with van der Waals surface area (Å²) in [6, 6.07) is 4.98. The lowest BCUT2D eigenvalue weighted by atomic mass is 10.1. The SMILES string of the molecule is CCCCCCCCCCOc1ccc(C(=O)O)cc1I. The van der Waals surface area contributed by atoms with Gasteiger partial charge in [-0.1, -0.05) is 51.9 Å². The first kappa shape index (κ1) is 18.3. The van der Waals surface area contributed by atoms with Gasteiger partial charge in [0, 0.05) is 0 Å². The Morgan fingerprint density at radius 2 is 1.71 bits per heavy atom. The van der Waals surface area contributed by atoms with Crippen LogP contribution in [0.4, 0.5) is 0 Å². The van der Waals surface area contributed by atoms with Crippen LogP contribution >= 0.6 is 22.6 Å². The monoisotopic (exact) mass is 404 g/mol. The summed E-state index contributed by atoms with van der Waals surface area (Å²) in [5.41, 5.74) is 0.304. The van der Waals surface area contributed by atoms with Gasteiger partial charge in [-0.2, -0.15) is 0 Å². The summed E-state index contributed by atoms with van der Waals surface area (Å²) in [5, 5.41) is 8.91. The zero-order valence-corrected chi connectivity index (χ0v) is 14.9. The van der Waals surface area contributed by atoms with Crippen LogP contribution in [-0.2, 0) is 0 Å². The van der Waals surface area contributed by atoms with Crippen LogP contribution in [0.1, 0.15) is 68.6 Å². The van der Waals surface area contributed by atoms with Crippen molar-refractivity contribution in [3.8, 4) is 5.75 Å². The zero-order valence-electron chi connectivity index (χ0n) is 12.7. The van der Waals surface area contributed by atoms with E-state index in [2.05, 4.69) is 29.5 Å². The van der Waals surface area contributed by atoms with E-state index in [9.17, 15) is 4.79 Å². The van der Waals surface area contributed by atoms with Gasteiger partial charge in [-0.15, -0.1) is 0 Å². The number of carbonyl (C=O) groups is 1. The molecule has 0 aliphatic carbocycles. The van der Waals surface area contributed by atoms with Crippen molar-refractivity contribution < 1.29 is 14.6 Å². The number of rotatable bonds is 11. The maximum absolute atomic E-state index is 10.8. The molecule has 0 spiro atoms. The molecule has 0 fully saturated rings. The van der Waals surface area contributed by atoms with Crippen LogP contribution in [-0.4, -0.2) is 17.7 Å². The Hall–Kier alpha value is -0.780. The molecule has 0 bridgehead atoms. The van der Waals surface area contributed by atoms with Gasteiger partial charge >= 0.3 is 5.97 Å². The average molecular weight is 404 g/mol. The maximum atomic E-state index is 10.8. The second-order valence-corrected chi connectivity index (χ2v) is 6.44. The lowest BCUT2D eigenvalue weighted by molar-refractivity contribution is 0.0696. The lowest BCUT2D eigenvalue weighted by Crippen LogP contribution is -2.01. The summed E-state index contributed by atoms with van der Waals surface area (Å²) in [6.07, 6.45) is 10.2. The first-order valence-electron chi connectivity index (χ1n) is 7.80. The van der Waals surface area contributed by atoms with Crippen molar-refractivity contribution in [1.82, 2.24) is 0 Å². The Bertz CT molecular complexity index is 432. The van der Waals surface area contributed by atoms with Gasteiger partial charge in [0.05, 0.1) is 15.7 Å². The molecule has 1 rings (SSSR count). The van der Waals surface area contributed by atoms with E-state index in [0.717, 1.165) is 15.7 Å². The summed E-state index contributed by atoms with van der Waals surface area (Å²) < 4.78 is 6.57. The first-order valence-corrected chi connectivity index (χ1v) is 8.88. The number of carboxylic acid groups (broad SMARTS) is 1. The van der Waals surface area contributed by atoms with E-state index in [0.29, 0.717) is 12.2 Å². The normalized spacial score (nSPS) is 10.6. The summed E-state index contributed by atoms with van der Waals surface area (Å²) >= 11 is 2.12. The molecule has 0 radical (unpaired) electrons. The predicted octanol–water partition coefficient (Wildman–Crippen LogP) is 5.51. The smallest absolute Gasteiger partial charge is 0.335 e. The molecule has 21 heavy (non-hydrogen) atoms. The van der Waals surface area contributed by atoms with Crippen molar-refractivity contribution in [3.05, 3.63) is 27.3 Å². The standard InChI is InChI=1S/C17H25IO3/c1-2-3-4-5-6-7-8-9-12-21-16-11-10-14(17(19)20)13-15(16)18/h10-11,13H,2-9,12H2,1H3,(H,19,20). The largest absolute Gasteiger partial charge is 0.492 e. The molecule has 0 atom stereocenters. The van der Waals surface area contributed by atoms with E-state index in [-0.39, 0.29) is 0 Å². The summed E-state index contributed by atoms with van der Waals surface area (Å²) in [6.45, 7) is 2.94. The minimum atomic E-state index is -0.900. The topological polar surface area (TPSA) is 46.5 Å². The maximum Gasteiger partial charge on any atom is 0.335 e. The molecule has 0 heterocycles. The molecule has 0 aliphatic heterocycles. The van der Waals surface area contributed by atoms with Gasteiger partial charge in [-0.25, -0.2) is 4.79 Å². The Balaban J connectivity index is 2.14. The molecule has 4 heteroatoms. The fourth-order valence-electron chi connectivity index (χ4n) is 2.17. The van der Waals surface area contributed by atoms with Crippen LogP contribution in [0.2, 0.25) is 0 Å². The van der Waals surface area contributed by atoms with E-state index in [4.69, 9.17) is 9.84 Å². The highest BCUT2D eigenvalue weighted by Crippen LogP contribution is 2.22. The fraction of sp³-hybridized carbons (Fsp3) is 0.588. The molecule has 3 nitrogen and oxygen atoms in total. The van der Waals surface area contributed by atoms with Crippen molar-refractivity contribution in [2.75, 3.05) is 6.61 Å². The van der Waals surface area contributed by atoms with Crippen LogP contribution < -0.4 is 4.74 Å². The molecule has 1 N–H and O–H groups in total. The third-order valence-corrected chi connectivity index (χ3v) is 4.28. The number of unbranched alkanes of at least 4 members (excludes halogenated alkanes) is 7. The molecular weight excluding hydrogens is 379 g/mol. The Kier molecular flexibility index (Phi) is 9.46. The average Bonchev–Trinajstić information content (AvgIpc) is 2.46. The van der Waals surface area contributed by atoms with Gasteiger partial charge in [0.25, 0.3) is 0 Å². The highest BCUT2D eigenvalue weighted by molar-refractivity contribution is 14.1. The molecule has 0 aliphatic rings. The van der Waals surface area contributed by atoms with Crippen LogP contribution in [0, 0.1) is 3.57 Å². The van der Waals surface area contributed by atoms with Gasteiger partial charge in [-0.05, 0) is 47.2 Å². The molecule has 0 aromatic heterocycles. The number of hydrogen-bond donors (Lipinski definition) is 1. The molecule has 0 saturated carbocycles. The minimum absolute atomic E-state index is 0.304. The van der Waals surface area contributed by atoms with Crippen molar-refractivity contribution in [2.24, 2.45) is 0 Å². The highest BCUT2D eigenvalue weighted by Gasteiger charge is 2.07. The van der Waals surface area contributed by atoms with Crippen LogP contribution in [0.3, 0.4) is 0 Å². The number of aromatic carboxylic acids is 1. The van der Waals surface area contributed by atoms with Gasteiger partial charge in [0.1, 0.15) is 5.75 Å². The molecule has 1 aromatic rings. The van der Waals surface area contributed by atoms with Gasteiger partial charge < -0.3 is 9.84 Å². The molecule has 0 unspecified atom stereocenters. The van der Waals surface area contributed by atoms with Crippen LogP contribution in [0.5, 0.6) is 5.75 Å². The van der Waals surface area contributed by atoms with E-state index in [1.54, 1.807) is 18.2 Å². The lowest BCUT2D eigenvalue weighted by Gasteiger charge is -2.08. The molecule has 0 amide bonds. The number of carboxylic acids is 1. The van der Waals surface area contributed by atoms with Gasteiger partial charge in [-0.3, -0.25) is 0 Å². The van der Waals surface area contributed by atoms with Crippen molar-refractivity contribution in [3.63, 3.8) is 0 Å². The first-order chi connectivity index (χ1) is 10.1. The van der Waals surface area contributed by atoms with E-state index >= 15 is 0 Å². The van der Waals surface area contributed by atoms with E-state index < -0.39 is 5.97 Å². The molecule has 1 aromatic carbocycles. The number of benzene rings is 1. The predicted molar refractivity (Wildman–Crippen MR) is 94.2 cm³/mol. The van der Waals surface area contributed by atoms with Crippen LogP contribution in [0.25, 0.3) is 0 Å². The zero-order chi connectivity index (χ0) is 15.5. The fourth-order valence-corrected chi connectivity index (χ4v) is 2.84. The molecule has 118 valence electrons. The van der Waals surface area contributed by atoms with Crippen molar-refractivity contribution in [2.45, 2.75) is 58.3 Å². The Labute approximate surface area is 141 Å². The third kappa shape index (κ3) is 7.69.